The van der Waals surface area contributed by atoms with Crippen molar-refractivity contribution in [1.29, 1.82) is 0 Å². The predicted molar refractivity (Wildman–Crippen MR) is 188 cm³/mol. The molecule has 9 nitrogen and oxygen atoms in total. The Morgan fingerprint density at radius 3 is 2.47 bits per heavy atom. The van der Waals surface area contributed by atoms with E-state index >= 15 is 0 Å². The van der Waals surface area contributed by atoms with Crippen molar-refractivity contribution in [2.24, 2.45) is 0 Å². The molecule has 0 radical (unpaired) electrons. The van der Waals surface area contributed by atoms with Crippen LogP contribution in [0.2, 0.25) is 10.0 Å². The van der Waals surface area contributed by atoms with Crippen LogP contribution in [0.5, 0.6) is 0 Å². The molecule has 2 aliphatic heterocycles. The quantitative estimate of drug-likeness (QED) is 0.202. The second kappa shape index (κ2) is 14.5. The molecule has 47 heavy (non-hydrogen) atoms. The third kappa shape index (κ3) is 7.76. The van der Waals surface area contributed by atoms with E-state index < -0.39 is 16.1 Å². The minimum atomic E-state index is -3.84. The summed E-state index contributed by atoms with van der Waals surface area (Å²) in [6.07, 6.45) is 4.65. The number of carbonyl (C=O) groups excluding carboxylic acids is 1. The van der Waals surface area contributed by atoms with Crippen LogP contribution in [0.1, 0.15) is 71.1 Å². The number of carbonyl (C=O) groups is 1. The van der Waals surface area contributed by atoms with Gasteiger partial charge in [0.1, 0.15) is 0 Å². The molecule has 0 spiro atoms. The van der Waals surface area contributed by atoms with Gasteiger partial charge in [-0.1, -0.05) is 59.2 Å². The highest BCUT2D eigenvalue weighted by atomic mass is 35.5. The van der Waals surface area contributed by atoms with E-state index in [2.05, 4.69) is 22.0 Å². The maximum Gasteiger partial charge on any atom is 0.286 e. The Labute approximate surface area is 290 Å². The van der Waals surface area contributed by atoms with Crippen molar-refractivity contribution < 1.29 is 13.2 Å². The number of aromatic nitrogens is 2. The van der Waals surface area contributed by atoms with Crippen molar-refractivity contribution in [3.8, 4) is 28.1 Å². The molecule has 0 aliphatic carbocycles. The Balaban J connectivity index is 1.46. The van der Waals surface area contributed by atoms with Crippen LogP contribution in [0.4, 0.5) is 0 Å². The number of hydrazine groups is 1. The van der Waals surface area contributed by atoms with Gasteiger partial charge in [0, 0.05) is 48.4 Å². The van der Waals surface area contributed by atoms with Gasteiger partial charge in [0.25, 0.3) is 16.1 Å². The normalized spacial score (nSPS) is 17.4. The fraction of sp³-hybridized carbons (Fsp3) is 0.353. The second-order valence-corrected chi connectivity index (χ2v) is 15.5. The van der Waals surface area contributed by atoms with E-state index in [-0.39, 0.29) is 18.3 Å². The molecule has 1 atom stereocenters. The van der Waals surface area contributed by atoms with Gasteiger partial charge in [-0.15, -0.1) is 11.3 Å². The molecule has 1 amide bonds. The topological polar surface area (TPSA) is 99.6 Å². The standard InChI is InChI=1S/C34H36Cl2N6O3S2/c1-23-8-10-25(11-9-23)12-14-27-15-17-31(46-27)33-28(22-37-47(44,45)41-20-6-7-24(41)2)32(34(43)39-40-18-4-3-5-19-40)38-42(33)30-16-13-26(35)21-29(30)36/h8-11,13,15-17,21,24,37H,3-7,18-20,22H2,1-2H3,(H,39,43)/t24-/m0/s1. The van der Waals surface area contributed by atoms with Crippen LogP contribution >= 0.6 is 34.5 Å². The number of thiophene rings is 1. The molecule has 2 aliphatic rings. The number of nitrogens with one attached hydrogen (secondary N) is 2. The maximum absolute atomic E-state index is 13.9. The summed E-state index contributed by atoms with van der Waals surface area (Å²) >= 11 is 14.4. The van der Waals surface area contributed by atoms with Crippen LogP contribution < -0.4 is 10.1 Å². The number of aryl methyl sites for hydroxylation is 1. The Hall–Kier alpha value is -3.21. The molecule has 4 aromatic rings. The monoisotopic (exact) mass is 710 g/mol. The molecule has 246 valence electrons. The summed E-state index contributed by atoms with van der Waals surface area (Å²) in [4.78, 5) is 15.5. The van der Waals surface area contributed by atoms with Crippen molar-refractivity contribution >= 4 is 50.7 Å². The molecule has 0 saturated carbocycles. The average Bonchev–Trinajstić information content (AvgIpc) is 3.79. The fourth-order valence-corrected chi connectivity index (χ4v) is 8.74. The summed E-state index contributed by atoms with van der Waals surface area (Å²) < 4.78 is 32.9. The van der Waals surface area contributed by atoms with Gasteiger partial charge >= 0.3 is 0 Å². The minimum Gasteiger partial charge on any atom is -0.283 e. The van der Waals surface area contributed by atoms with Crippen molar-refractivity contribution in [2.75, 3.05) is 19.6 Å². The van der Waals surface area contributed by atoms with Gasteiger partial charge in [0.15, 0.2) is 5.69 Å². The van der Waals surface area contributed by atoms with Crippen LogP contribution in [-0.2, 0) is 16.8 Å². The van der Waals surface area contributed by atoms with Gasteiger partial charge in [-0.2, -0.15) is 22.5 Å². The Morgan fingerprint density at radius 2 is 1.77 bits per heavy atom. The molecular formula is C34H36Cl2N6O3S2. The lowest BCUT2D eigenvalue weighted by atomic mass is 10.1. The second-order valence-electron chi connectivity index (χ2n) is 11.9. The lowest BCUT2D eigenvalue weighted by molar-refractivity contribution is 0.0743. The van der Waals surface area contributed by atoms with Gasteiger partial charge < -0.3 is 0 Å². The van der Waals surface area contributed by atoms with Gasteiger partial charge in [0.05, 0.1) is 26.2 Å². The molecule has 2 saturated heterocycles. The van der Waals surface area contributed by atoms with E-state index in [9.17, 15) is 13.2 Å². The third-order valence-corrected chi connectivity index (χ3v) is 11.6. The van der Waals surface area contributed by atoms with Crippen molar-refractivity contribution in [1.82, 2.24) is 29.2 Å². The third-order valence-electron chi connectivity index (χ3n) is 8.41. The van der Waals surface area contributed by atoms with Gasteiger partial charge in [-0.3, -0.25) is 10.2 Å². The molecular weight excluding hydrogens is 675 g/mol. The number of benzene rings is 2. The molecule has 0 unspecified atom stereocenters. The van der Waals surface area contributed by atoms with E-state index in [1.54, 1.807) is 22.9 Å². The summed E-state index contributed by atoms with van der Waals surface area (Å²) in [5.41, 5.74) is 6.64. The first kappa shape index (κ1) is 33.7. The molecule has 4 heterocycles. The minimum absolute atomic E-state index is 0.106. The van der Waals surface area contributed by atoms with Crippen LogP contribution in [0.15, 0.2) is 54.6 Å². The smallest absolute Gasteiger partial charge is 0.283 e. The summed E-state index contributed by atoms with van der Waals surface area (Å²) in [6, 6.07) is 16.8. The number of hydrogen-bond donors (Lipinski definition) is 2. The van der Waals surface area contributed by atoms with Crippen LogP contribution in [0.25, 0.3) is 16.3 Å². The number of hydrogen-bond acceptors (Lipinski definition) is 6. The number of rotatable bonds is 8. The summed E-state index contributed by atoms with van der Waals surface area (Å²) in [5.74, 6) is 6.04. The lowest BCUT2D eigenvalue weighted by Gasteiger charge is -2.26. The van der Waals surface area contributed by atoms with Gasteiger partial charge in [-0.05, 0) is 82.0 Å². The molecule has 2 aromatic carbocycles. The van der Waals surface area contributed by atoms with Crippen molar-refractivity contribution in [3.05, 3.63) is 91.9 Å². The van der Waals surface area contributed by atoms with Crippen molar-refractivity contribution in [2.45, 2.75) is 58.5 Å². The highest BCUT2D eigenvalue weighted by Crippen LogP contribution is 2.37. The first-order valence-electron chi connectivity index (χ1n) is 15.7. The molecule has 0 bridgehead atoms. The lowest BCUT2D eigenvalue weighted by Crippen LogP contribution is -2.45. The van der Waals surface area contributed by atoms with E-state index in [1.165, 1.54) is 15.6 Å². The highest BCUT2D eigenvalue weighted by molar-refractivity contribution is 7.87. The van der Waals surface area contributed by atoms with E-state index in [0.29, 0.717) is 33.5 Å². The van der Waals surface area contributed by atoms with Crippen LogP contribution in [0, 0.1) is 18.8 Å². The number of nitrogens with zero attached hydrogens (tertiary/aromatic N) is 4. The highest BCUT2D eigenvalue weighted by Gasteiger charge is 2.33. The molecule has 2 fully saturated rings. The number of piperidine rings is 1. The Kier molecular flexibility index (Phi) is 10.4. The van der Waals surface area contributed by atoms with Gasteiger partial charge in [-0.25, -0.2) is 9.69 Å². The Bertz CT molecular complexity index is 1940. The average molecular weight is 712 g/mol. The van der Waals surface area contributed by atoms with Crippen LogP contribution in [-0.4, -0.2) is 59.1 Å². The first-order valence-corrected chi connectivity index (χ1v) is 18.7. The van der Waals surface area contributed by atoms with E-state index in [4.69, 9.17) is 28.3 Å². The first-order chi connectivity index (χ1) is 22.6. The molecule has 2 aromatic heterocycles. The zero-order chi connectivity index (χ0) is 33.1. The summed E-state index contributed by atoms with van der Waals surface area (Å²) in [7, 11) is -3.84. The number of halogens is 2. The van der Waals surface area contributed by atoms with E-state index in [1.807, 2.05) is 55.3 Å². The predicted octanol–water partition coefficient (Wildman–Crippen LogP) is 6.57. The summed E-state index contributed by atoms with van der Waals surface area (Å²) in [6.45, 7) is 5.68. The maximum atomic E-state index is 13.9. The fourth-order valence-electron chi connectivity index (χ4n) is 5.90. The molecule has 6 rings (SSSR count). The zero-order valence-electron chi connectivity index (χ0n) is 26.2. The van der Waals surface area contributed by atoms with E-state index in [0.717, 1.165) is 66.1 Å². The largest absolute Gasteiger partial charge is 0.286 e. The molecule has 2 N–H and O–H groups in total. The summed E-state index contributed by atoms with van der Waals surface area (Å²) in [5, 5.41) is 7.49. The SMILES string of the molecule is Cc1ccc(C#Cc2ccc(-c3c(CNS(=O)(=O)N4CCC[C@@H]4C)c(C(=O)NN4CCCCC4)nn3-c3ccc(Cl)cc3Cl)s2)cc1. The molecule has 13 heteroatoms. The Morgan fingerprint density at radius 1 is 1.00 bits per heavy atom. The van der Waals surface area contributed by atoms with Crippen LogP contribution in [0.3, 0.4) is 0 Å². The zero-order valence-corrected chi connectivity index (χ0v) is 29.4. The van der Waals surface area contributed by atoms with Crippen molar-refractivity contribution in [3.63, 3.8) is 0 Å². The number of amides is 1. The van der Waals surface area contributed by atoms with Gasteiger partial charge in [0.2, 0.25) is 0 Å².